The minimum atomic E-state index is -2.73. The molecular formula is C43H46BrF2N8O4P. The third-order valence-electron chi connectivity index (χ3n) is 11.7. The van der Waals surface area contributed by atoms with E-state index in [9.17, 15) is 14.2 Å². The summed E-state index contributed by atoms with van der Waals surface area (Å²) in [6.07, 6.45) is 5.80. The maximum absolute atomic E-state index is 15.1. The summed E-state index contributed by atoms with van der Waals surface area (Å²) in [7, 11) is -1.09. The van der Waals surface area contributed by atoms with Gasteiger partial charge in [-0.2, -0.15) is 4.98 Å². The molecule has 3 aliphatic rings. The van der Waals surface area contributed by atoms with E-state index in [1.165, 1.54) is 12.1 Å². The van der Waals surface area contributed by atoms with E-state index in [-0.39, 0.29) is 23.8 Å². The number of likely N-dealkylation sites (tertiary alicyclic amines) is 1. The van der Waals surface area contributed by atoms with E-state index < -0.39 is 36.5 Å². The summed E-state index contributed by atoms with van der Waals surface area (Å²) in [5.74, 6) is -2.09. The highest BCUT2D eigenvalue weighted by Crippen LogP contribution is 2.45. The monoisotopic (exact) mass is 886 g/mol. The summed E-state index contributed by atoms with van der Waals surface area (Å²) in [4.78, 5) is 42.5. The van der Waals surface area contributed by atoms with Gasteiger partial charge in [-0.3, -0.25) is 19.9 Å². The van der Waals surface area contributed by atoms with Crippen LogP contribution in [0.4, 0.5) is 37.6 Å². The SMILES string of the molecule is CCc1cc(Nc2ncc(Br)c(Nc3cnc4ccccc4c3P(C)(C)=O)n2)c(OC)cc1N1CCC2(CN(CCc3cc(F)c(C4CCC(=O)NC4=O)c(F)c3)C2)C1. The van der Waals surface area contributed by atoms with Crippen LogP contribution in [0, 0.1) is 17.0 Å². The number of amides is 2. The lowest BCUT2D eigenvalue weighted by atomic mass is 9.79. The summed E-state index contributed by atoms with van der Waals surface area (Å²) >= 11 is 3.58. The van der Waals surface area contributed by atoms with Crippen LogP contribution in [-0.4, -0.2) is 84.8 Å². The molecule has 16 heteroatoms. The minimum Gasteiger partial charge on any atom is -0.494 e. The van der Waals surface area contributed by atoms with Gasteiger partial charge < -0.3 is 29.7 Å². The van der Waals surface area contributed by atoms with Crippen molar-refractivity contribution in [3.8, 4) is 5.75 Å². The van der Waals surface area contributed by atoms with Crippen molar-refractivity contribution in [1.82, 2.24) is 25.2 Å². The van der Waals surface area contributed by atoms with Crippen LogP contribution in [0.15, 0.2) is 65.4 Å². The number of rotatable bonds is 12. The lowest BCUT2D eigenvalue weighted by molar-refractivity contribution is -0.134. The number of pyridine rings is 1. The van der Waals surface area contributed by atoms with E-state index in [0.717, 1.165) is 66.9 Å². The lowest BCUT2D eigenvalue weighted by Crippen LogP contribution is -2.57. The molecule has 1 spiro atoms. The van der Waals surface area contributed by atoms with E-state index in [0.29, 0.717) is 51.5 Å². The number of halogens is 3. The number of methoxy groups -OCH3 is 1. The van der Waals surface area contributed by atoms with Crippen molar-refractivity contribution in [2.75, 3.05) is 68.7 Å². The molecular weight excluding hydrogens is 841 g/mol. The summed E-state index contributed by atoms with van der Waals surface area (Å²) < 4.78 is 50.3. The maximum atomic E-state index is 15.1. The lowest BCUT2D eigenvalue weighted by Gasteiger charge is -2.48. The molecule has 3 aliphatic heterocycles. The number of para-hydroxylation sites is 1. The number of aromatic nitrogens is 3. The van der Waals surface area contributed by atoms with Crippen LogP contribution in [0.1, 0.15) is 48.8 Å². The van der Waals surface area contributed by atoms with Crippen LogP contribution in [0.3, 0.4) is 0 Å². The Kier molecular flexibility index (Phi) is 11.2. The number of piperidine rings is 1. The van der Waals surface area contributed by atoms with Crippen molar-refractivity contribution < 1.29 is 27.7 Å². The van der Waals surface area contributed by atoms with Crippen LogP contribution in [0.25, 0.3) is 10.9 Å². The Balaban J connectivity index is 0.926. The van der Waals surface area contributed by atoms with E-state index in [4.69, 9.17) is 9.72 Å². The molecule has 5 aromatic rings. The number of imide groups is 1. The molecule has 3 saturated heterocycles. The highest BCUT2D eigenvalue weighted by molar-refractivity contribution is 9.10. The first kappa shape index (κ1) is 40.8. The molecule has 3 fully saturated rings. The van der Waals surface area contributed by atoms with Gasteiger partial charge in [-0.15, -0.1) is 0 Å². The number of nitrogens with zero attached hydrogens (tertiary/aromatic N) is 5. The fourth-order valence-corrected chi connectivity index (χ4v) is 10.6. The molecule has 3 aromatic carbocycles. The molecule has 3 N–H and O–H groups in total. The van der Waals surface area contributed by atoms with Crippen molar-refractivity contribution in [1.29, 1.82) is 0 Å². The average molecular weight is 888 g/mol. The molecule has 8 rings (SSSR count). The molecule has 2 aromatic heterocycles. The quantitative estimate of drug-likeness (QED) is 0.0841. The Labute approximate surface area is 350 Å². The summed E-state index contributed by atoms with van der Waals surface area (Å²) in [5, 5.41) is 10.4. The van der Waals surface area contributed by atoms with Gasteiger partial charge in [0.15, 0.2) is 0 Å². The zero-order valence-electron chi connectivity index (χ0n) is 33.4. The normalized spacial score (nSPS) is 17.9. The van der Waals surface area contributed by atoms with Crippen LogP contribution < -0.4 is 30.9 Å². The Morgan fingerprint density at radius 2 is 1.78 bits per heavy atom. The maximum Gasteiger partial charge on any atom is 0.234 e. The van der Waals surface area contributed by atoms with E-state index in [1.807, 2.05) is 24.3 Å². The molecule has 0 radical (unpaired) electrons. The Morgan fingerprint density at radius 3 is 2.49 bits per heavy atom. The Morgan fingerprint density at radius 1 is 1.02 bits per heavy atom. The molecule has 308 valence electrons. The number of ether oxygens (including phenoxy) is 1. The number of anilines is 5. The molecule has 1 atom stereocenters. The first-order valence-electron chi connectivity index (χ1n) is 19.7. The standard InChI is InChI=1S/C43H46BrF2N8O4P/c1-5-26-18-33(50-42-48-20-29(44)40(52-42)49-34-21-47-32-9-7-6-8-27(32)39(34)59(3,4)57)36(58-2)19-35(26)54-15-13-43(24-54)22-53(23-43)14-12-25-16-30(45)38(31(46)17-25)28-10-11-37(55)51-41(28)56/h6-9,16-21,28H,5,10-15,22-24H2,1-4H3,(H,51,55,56)(H2,48,49,50,52). The first-order chi connectivity index (χ1) is 28.2. The number of fused-ring (bicyclic) bond motifs is 1. The van der Waals surface area contributed by atoms with Gasteiger partial charge in [-0.1, -0.05) is 25.1 Å². The zero-order chi connectivity index (χ0) is 41.6. The zero-order valence-corrected chi connectivity index (χ0v) is 35.9. The van der Waals surface area contributed by atoms with E-state index >= 15 is 8.78 Å². The minimum absolute atomic E-state index is 0.0569. The van der Waals surface area contributed by atoms with Crippen LogP contribution in [0.2, 0.25) is 0 Å². The Bertz CT molecular complexity index is 2510. The van der Waals surface area contributed by atoms with Gasteiger partial charge >= 0.3 is 0 Å². The van der Waals surface area contributed by atoms with Gasteiger partial charge in [-0.25, -0.2) is 13.8 Å². The number of aryl methyl sites for hydroxylation is 1. The highest BCUT2D eigenvalue weighted by atomic mass is 79.9. The molecule has 0 bridgehead atoms. The Hall–Kier alpha value is -4.98. The third-order valence-corrected chi connectivity index (χ3v) is 13.8. The second-order valence-corrected chi connectivity index (χ2v) is 20.2. The van der Waals surface area contributed by atoms with Gasteiger partial charge in [0.2, 0.25) is 17.8 Å². The number of carbonyl (C=O) groups is 2. The van der Waals surface area contributed by atoms with Gasteiger partial charge in [0, 0.05) is 78.8 Å². The van der Waals surface area contributed by atoms with Crippen molar-refractivity contribution in [2.24, 2.45) is 5.41 Å². The van der Waals surface area contributed by atoms with Gasteiger partial charge in [0.1, 0.15) is 30.3 Å². The molecule has 59 heavy (non-hydrogen) atoms. The van der Waals surface area contributed by atoms with E-state index in [2.05, 4.69) is 70.7 Å². The number of hydrogen-bond donors (Lipinski definition) is 3. The second kappa shape index (κ2) is 16.2. The molecule has 5 heterocycles. The summed E-state index contributed by atoms with van der Waals surface area (Å²) in [6, 6.07) is 14.5. The van der Waals surface area contributed by atoms with Crippen LogP contribution in [-0.2, 0) is 27.0 Å². The molecule has 2 amide bonds. The average Bonchev–Trinajstić information content (AvgIpc) is 3.63. The van der Waals surface area contributed by atoms with Crippen LogP contribution in [0.5, 0.6) is 5.75 Å². The second-order valence-electron chi connectivity index (χ2n) is 16.2. The van der Waals surface area contributed by atoms with Crippen molar-refractivity contribution >= 4 is 79.9 Å². The third kappa shape index (κ3) is 8.29. The van der Waals surface area contributed by atoms with E-state index in [1.54, 1.807) is 32.8 Å². The molecule has 0 saturated carbocycles. The number of carbonyl (C=O) groups excluding carboxylic acids is 2. The molecule has 0 aliphatic carbocycles. The van der Waals surface area contributed by atoms with Crippen LogP contribution >= 0.6 is 23.1 Å². The predicted octanol–water partition coefficient (Wildman–Crippen LogP) is 7.65. The number of hydrogen-bond acceptors (Lipinski definition) is 11. The van der Waals surface area contributed by atoms with Crippen molar-refractivity contribution in [2.45, 2.75) is 44.9 Å². The van der Waals surface area contributed by atoms with Gasteiger partial charge in [0.05, 0.1) is 40.6 Å². The fourth-order valence-electron chi connectivity index (χ4n) is 8.85. The van der Waals surface area contributed by atoms with Gasteiger partial charge in [0.25, 0.3) is 0 Å². The van der Waals surface area contributed by atoms with Crippen molar-refractivity contribution in [3.05, 3.63) is 93.7 Å². The largest absolute Gasteiger partial charge is 0.494 e. The number of nitrogens with one attached hydrogen (secondary N) is 3. The van der Waals surface area contributed by atoms with Crippen molar-refractivity contribution in [3.63, 3.8) is 0 Å². The molecule has 1 unspecified atom stereocenters. The first-order valence-corrected chi connectivity index (χ1v) is 23.1. The molecule has 12 nitrogen and oxygen atoms in total. The van der Waals surface area contributed by atoms with Gasteiger partial charge in [-0.05, 0) is 90.3 Å². The number of benzene rings is 3. The smallest absolute Gasteiger partial charge is 0.234 e. The summed E-state index contributed by atoms with van der Waals surface area (Å²) in [5.41, 5.74) is 4.77. The fraction of sp³-hybridized carbons (Fsp3) is 0.372. The predicted molar refractivity (Wildman–Crippen MR) is 230 cm³/mol. The topological polar surface area (TPSA) is 142 Å². The highest BCUT2D eigenvalue weighted by Gasteiger charge is 2.47. The summed E-state index contributed by atoms with van der Waals surface area (Å²) in [6.45, 7) is 9.86.